The van der Waals surface area contributed by atoms with Gasteiger partial charge in [-0.05, 0) is 37.5 Å². The average molecular weight is 1310 g/mol. The molecule has 0 saturated carbocycles. The number of hydrogen-bond acceptors (Lipinski definition) is 15. The number of carbonyl (C=O) groups excluding carboxylic acids is 4. The Morgan fingerprint density at radius 2 is 0.517 bits per heavy atom. The summed E-state index contributed by atoms with van der Waals surface area (Å²) in [6.07, 6.45) is 47.3. The first kappa shape index (κ1) is 87.1. The van der Waals surface area contributed by atoms with Crippen LogP contribution in [0.1, 0.15) is 356 Å². The van der Waals surface area contributed by atoms with Gasteiger partial charge in [0.25, 0.3) is 0 Å². The van der Waals surface area contributed by atoms with Gasteiger partial charge in [0.1, 0.15) is 19.3 Å². The minimum atomic E-state index is -4.95. The van der Waals surface area contributed by atoms with Crippen molar-refractivity contribution in [2.45, 2.75) is 374 Å². The fourth-order valence-corrected chi connectivity index (χ4v) is 12.2. The van der Waals surface area contributed by atoms with Crippen LogP contribution in [-0.2, 0) is 65.4 Å². The number of ether oxygens (including phenoxy) is 4. The van der Waals surface area contributed by atoms with E-state index in [4.69, 9.17) is 37.0 Å². The Labute approximate surface area is 543 Å². The molecule has 0 fully saturated rings. The van der Waals surface area contributed by atoms with E-state index in [0.29, 0.717) is 25.7 Å². The molecule has 0 aromatic heterocycles. The number of phosphoric acid groups is 2. The first-order chi connectivity index (χ1) is 42.9. The number of esters is 4. The Hall–Kier alpha value is -1.94. The number of aliphatic hydroxyl groups excluding tert-OH is 1. The summed E-state index contributed by atoms with van der Waals surface area (Å²) < 4.78 is 68.2. The van der Waals surface area contributed by atoms with E-state index in [2.05, 4.69) is 41.5 Å². The molecule has 0 aliphatic heterocycles. The summed E-state index contributed by atoms with van der Waals surface area (Å²) in [6.45, 7) is 9.51. The Morgan fingerprint density at radius 3 is 0.764 bits per heavy atom. The molecule has 0 radical (unpaired) electrons. The van der Waals surface area contributed by atoms with Crippen LogP contribution in [0.5, 0.6) is 0 Å². The number of phosphoric ester groups is 2. The topological polar surface area (TPSA) is 237 Å². The number of hydrogen-bond donors (Lipinski definition) is 3. The van der Waals surface area contributed by atoms with Crippen molar-refractivity contribution in [1.29, 1.82) is 0 Å². The van der Waals surface area contributed by atoms with Gasteiger partial charge >= 0.3 is 39.5 Å². The fraction of sp³-hybridized carbons (Fsp3) is 0.943. The van der Waals surface area contributed by atoms with Crippen LogP contribution >= 0.6 is 15.6 Å². The number of rotatable bonds is 69. The summed E-state index contributed by atoms with van der Waals surface area (Å²) in [5.74, 6) is -0.596. The quantitative estimate of drug-likeness (QED) is 0.0222. The molecule has 0 aliphatic carbocycles. The summed E-state index contributed by atoms with van der Waals surface area (Å²) in [5, 5.41) is 10.6. The van der Waals surface area contributed by atoms with Crippen LogP contribution in [0.15, 0.2) is 0 Å². The van der Waals surface area contributed by atoms with Gasteiger partial charge in [0.2, 0.25) is 0 Å². The predicted molar refractivity (Wildman–Crippen MR) is 358 cm³/mol. The maximum atomic E-state index is 13.0. The molecule has 3 N–H and O–H groups in total. The lowest BCUT2D eigenvalue weighted by Crippen LogP contribution is -2.30. The first-order valence-electron chi connectivity index (χ1n) is 36.5. The summed E-state index contributed by atoms with van der Waals surface area (Å²) in [6, 6.07) is 0. The van der Waals surface area contributed by atoms with Crippen molar-refractivity contribution >= 4 is 39.5 Å². The van der Waals surface area contributed by atoms with Crippen molar-refractivity contribution in [2.24, 2.45) is 11.8 Å². The van der Waals surface area contributed by atoms with E-state index in [0.717, 1.165) is 115 Å². The Morgan fingerprint density at radius 1 is 0.303 bits per heavy atom. The van der Waals surface area contributed by atoms with Crippen LogP contribution in [0.3, 0.4) is 0 Å². The molecule has 528 valence electrons. The lowest BCUT2D eigenvalue weighted by molar-refractivity contribution is -0.161. The van der Waals surface area contributed by atoms with Gasteiger partial charge in [-0.25, -0.2) is 9.13 Å². The van der Waals surface area contributed by atoms with Crippen LogP contribution in [-0.4, -0.2) is 96.7 Å². The SMILES string of the molecule is CCCCCCCCCCCCCCCC(=O)OC[C@H](COP(=O)(O)OC[C@@H](O)COP(=O)(O)OC[C@@H](COC(=O)CCCCCCCCC)OC(=O)CCCCCCCCCCCC(C)C)OC(=O)CCCCCCCCCCCCCCCCC(C)C. The van der Waals surface area contributed by atoms with Crippen LogP contribution < -0.4 is 0 Å². The molecular weight excluding hydrogens is 1170 g/mol. The number of carbonyl (C=O) groups is 4. The third-order valence-electron chi connectivity index (χ3n) is 16.2. The molecule has 19 heteroatoms. The summed E-state index contributed by atoms with van der Waals surface area (Å²) >= 11 is 0. The molecular formula is C70H136O17P2. The molecule has 0 aliphatic rings. The molecule has 89 heavy (non-hydrogen) atoms. The highest BCUT2D eigenvalue weighted by Crippen LogP contribution is 2.45. The van der Waals surface area contributed by atoms with Gasteiger partial charge in [0, 0.05) is 25.7 Å². The van der Waals surface area contributed by atoms with Crippen molar-refractivity contribution in [3.8, 4) is 0 Å². The van der Waals surface area contributed by atoms with Crippen LogP contribution in [0, 0.1) is 11.8 Å². The number of aliphatic hydroxyl groups is 1. The highest BCUT2D eigenvalue weighted by atomic mass is 31.2. The fourth-order valence-electron chi connectivity index (χ4n) is 10.6. The van der Waals surface area contributed by atoms with E-state index in [9.17, 15) is 43.2 Å². The van der Waals surface area contributed by atoms with Gasteiger partial charge in [-0.1, -0.05) is 305 Å². The van der Waals surface area contributed by atoms with E-state index in [1.807, 2.05) is 0 Å². The molecule has 2 unspecified atom stereocenters. The monoisotopic (exact) mass is 1310 g/mol. The number of unbranched alkanes of at least 4 members (excludes halogenated alkanes) is 39. The van der Waals surface area contributed by atoms with Crippen molar-refractivity contribution in [3.05, 3.63) is 0 Å². The highest BCUT2D eigenvalue weighted by Gasteiger charge is 2.30. The normalized spacial score (nSPS) is 14.1. The molecule has 0 bridgehead atoms. The maximum Gasteiger partial charge on any atom is 0.472 e. The van der Waals surface area contributed by atoms with E-state index >= 15 is 0 Å². The molecule has 0 amide bonds. The second kappa shape index (κ2) is 62.2. The lowest BCUT2D eigenvalue weighted by Gasteiger charge is -2.21. The maximum absolute atomic E-state index is 13.0. The van der Waals surface area contributed by atoms with Crippen molar-refractivity contribution in [3.63, 3.8) is 0 Å². The zero-order valence-electron chi connectivity index (χ0n) is 57.7. The molecule has 0 saturated heterocycles. The Kier molecular flexibility index (Phi) is 60.8. The zero-order valence-corrected chi connectivity index (χ0v) is 59.5. The van der Waals surface area contributed by atoms with Crippen molar-refractivity contribution < 1.29 is 80.2 Å². The van der Waals surface area contributed by atoms with Gasteiger partial charge in [0.05, 0.1) is 26.4 Å². The molecule has 5 atom stereocenters. The second-order valence-corrected chi connectivity index (χ2v) is 29.1. The standard InChI is InChI=1S/C70H136O17P2/c1-7-9-11-13-15-16-17-20-24-29-35-41-47-53-68(73)81-59-66(87-69(74)54-48-42-36-30-25-22-19-18-21-23-27-33-38-44-50-62(3)4)61-85-89(78,79)83-57-64(71)56-82-88(76,77)84-60-65(58-80-67(72)52-46-40-32-14-12-10-8-2)86-70(75)55-49-43-37-31-26-28-34-39-45-51-63(5)6/h62-66,71H,7-61H2,1-6H3,(H,76,77)(H,78,79)/t64-,65+,66+/m0/s1. The third-order valence-corrected chi connectivity index (χ3v) is 18.1. The Bertz CT molecular complexity index is 1730. The molecule has 0 heterocycles. The van der Waals surface area contributed by atoms with E-state index < -0.39 is 97.5 Å². The van der Waals surface area contributed by atoms with E-state index in [-0.39, 0.29) is 25.7 Å². The van der Waals surface area contributed by atoms with Crippen molar-refractivity contribution in [2.75, 3.05) is 39.6 Å². The van der Waals surface area contributed by atoms with Gasteiger partial charge in [0.15, 0.2) is 12.2 Å². The van der Waals surface area contributed by atoms with Crippen LogP contribution in [0.2, 0.25) is 0 Å². The minimum Gasteiger partial charge on any atom is -0.462 e. The molecule has 0 spiro atoms. The minimum absolute atomic E-state index is 0.105. The van der Waals surface area contributed by atoms with Gasteiger partial charge < -0.3 is 33.8 Å². The molecule has 0 aromatic rings. The second-order valence-electron chi connectivity index (χ2n) is 26.2. The summed E-state index contributed by atoms with van der Waals surface area (Å²) in [7, 11) is -9.89. The molecule has 0 rings (SSSR count). The van der Waals surface area contributed by atoms with Crippen molar-refractivity contribution in [1.82, 2.24) is 0 Å². The van der Waals surface area contributed by atoms with E-state index in [1.54, 1.807) is 0 Å². The van der Waals surface area contributed by atoms with Crippen LogP contribution in [0.4, 0.5) is 0 Å². The zero-order chi connectivity index (χ0) is 65.7. The predicted octanol–water partition coefficient (Wildman–Crippen LogP) is 20.0. The smallest absolute Gasteiger partial charge is 0.462 e. The molecule has 0 aromatic carbocycles. The lowest BCUT2D eigenvalue weighted by atomic mass is 10.0. The Balaban J connectivity index is 5.20. The van der Waals surface area contributed by atoms with Gasteiger partial charge in [-0.15, -0.1) is 0 Å². The molecule has 17 nitrogen and oxygen atoms in total. The summed E-state index contributed by atoms with van der Waals surface area (Å²) in [4.78, 5) is 72.4. The average Bonchev–Trinajstić information content (AvgIpc) is 3.71. The first-order valence-corrected chi connectivity index (χ1v) is 39.5. The van der Waals surface area contributed by atoms with Crippen LogP contribution in [0.25, 0.3) is 0 Å². The third kappa shape index (κ3) is 64.6. The highest BCUT2D eigenvalue weighted by molar-refractivity contribution is 7.47. The summed E-state index contributed by atoms with van der Waals surface area (Å²) in [5.41, 5.74) is 0. The van der Waals surface area contributed by atoms with Gasteiger partial charge in [-0.2, -0.15) is 0 Å². The van der Waals surface area contributed by atoms with Gasteiger partial charge in [-0.3, -0.25) is 37.3 Å². The van der Waals surface area contributed by atoms with E-state index in [1.165, 1.54) is 161 Å². The largest absolute Gasteiger partial charge is 0.472 e.